The minimum Gasteiger partial charge on any atom is -0.322 e. The lowest BCUT2D eigenvalue weighted by molar-refractivity contribution is -0.147. The van der Waals surface area contributed by atoms with Crippen LogP contribution in [0, 0.1) is 11.3 Å². The van der Waals surface area contributed by atoms with Gasteiger partial charge >= 0.3 is 0 Å². The summed E-state index contributed by atoms with van der Waals surface area (Å²) in [5, 5.41) is 9.02. The lowest BCUT2D eigenvalue weighted by atomic mass is 9.97. The molecule has 7 heteroatoms. The Bertz CT molecular complexity index is 990. The maximum absolute atomic E-state index is 13.8. The summed E-state index contributed by atoms with van der Waals surface area (Å²) in [6.45, 7) is 5.37. The molecule has 1 aliphatic rings. The van der Waals surface area contributed by atoms with Crippen molar-refractivity contribution in [3.05, 3.63) is 60.2 Å². The molecule has 2 amide bonds. The van der Waals surface area contributed by atoms with Gasteiger partial charge in [-0.15, -0.1) is 0 Å². The van der Waals surface area contributed by atoms with Crippen LogP contribution in [0.1, 0.15) is 51.6 Å². The highest BCUT2D eigenvalue weighted by Gasteiger charge is 2.51. The molecule has 1 saturated heterocycles. The molecule has 0 bridgehead atoms. The van der Waals surface area contributed by atoms with Crippen LogP contribution in [0.2, 0.25) is 0 Å². The van der Waals surface area contributed by atoms with Gasteiger partial charge in [0.25, 0.3) is 5.91 Å². The van der Waals surface area contributed by atoms with Gasteiger partial charge < -0.3 is 9.80 Å². The number of amides is 2. The topological polar surface area (TPSA) is 64.4 Å². The van der Waals surface area contributed by atoms with Crippen molar-refractivity contribution in [3.8, 4) is 17.2 Å². The Labute approximate surface area is 198 Å². The molecular formula is C25H29N3O2S2. The highest BCUT2D eigenvalue weighted by atomic mass is 33.1. The van der Waals surface area contributed by atoms with Gasteiger partial charge in [0, 0.05) is 20.4 Å². The van der Waals surface area contributed by atoms with Gasteiger partial charge in [0.1, 0.15) is 0 Å². The molecule has 0 spiro atoms. The molecule has 3 atom stereocenters. The van der Waals surface area contributed by atoms with E-state index in [1.54, 1.807) is 17.8 Å². The van der Waals surface area contributed by atoms with E-state index in [1.165, 1.54) is 22.6 Å². The third-order valence-electron chi connectivity index (χ3n) is 6.00. The number of carbonyl (C=O) groups excluding carboxylic acids is 2. The highest BCUT2D eigenvalue weighted by molar-refractivity contribution is 8.77. The van der Waals surface area contributed by atoms with Crippen molar-refractivity contribution in [2.45, 2.75) is 56.3 Å². The molecule has 168 valence electrons. The first-order valence-corrected chi connectivity index (χ1v) is 13.0. The molecule has 0 radical (unpaired) electrons. The fraction of sp³-hybridized carbons (Fsp3) is 0.400. The molecule has 0 saturated carbocycles. The van der Waals surface area contributed by atoms with Crippen molar-refractivity contribution in [1.82, 2.24) is 9.80 Å². The molecule has 1 fully saturated rings. The molecule has 3 unspecified atom stereocenters. The summed E-state index contributed by atoms with van der Waals surface area (Å²) in [7, 11) is 4.68. The number of nitrogens with zero attached hydrogens (tertiary/aromatic N) is 3. The van der Waals surface area contributed by atoms with E-state index in [-0.39, 0.29) is 23.2 Å². The quantitative estimate of drug-likeness (QED) is 0.478. The number of carbonyl (C=O) groups is 2. The van der Waals surface area contributed by atoms with Gasteiger partial charge in [-0.1, -0.05) is 83.1 Å². The summed E-state index contributed by atoms with van der Waals surface area (Å²) in [5.74, 6) is -0.231. The van der Waals surface area contributed by atoms with Gasteiger partial charge in [-0.3, -0.25) is 9.59 Å². The Morgan fingerprint density at radius 3 is 2.38 bits per heavy atom. The van der Waals surface area contributed by atoms with Crippen LogP contribution >= 0.6 is 21.6 Å². The van der Waals surface area contributed by atoms with E-state index in [2.05, 4.69) is 49.4 Å². The highest BCUT2D eigenvalue weighted by Crippen LogP contribution is 2.51. The average Bonchev–Trinajstić information content (AvgIpc) is 2.82. The van der Waals surface area contributed by atoms with Crippen LogP contribution in [0.4, 0.5) is 0 Å². The number of nitriles is 1. The van der Waals surface area contributed by atoms with Gasteiger partial charge in [-0.05, 0) is 36.5 Å². The zero-order chi connectivity index (χ0) is 23.3. The zero-order valence-electron chi connectivity index (χ0n) is 18.9. The largest absolute Gasteiger partial charge is 0.322 e. The van der Waals surface area contributed by atoms with E-state index in [9.17, 15) is 9.59 Å². The number of likely N-dealkylation sites (N-methyl/N-ethyl adjacent to an activating group) is 1. The Morgan fingerprint density at radius 1 is 1.19 bits per heavy atom. The molecule has 1 aliphatic heterocycles. The molecule has 2 aromatic rings. The van der Waals surface area contributed by atoms with Gasteiger partial charge in [0.15, 0.2) is 4.87 Å². The molecule has 1 heterocycles. The molecule has 0 aliphatic carbocycles. The first-order valence-electron chi connectivity index (χ1n) is 10.8. The second-order valence-corrected chi connectivity index (χ2v) is 10.8. The van der Waals surface area contributed by atoms with Crippen LogP contribution in [0.25, 0.3) is 11.1 Å². The van der Waals surface area contributed by atoms with Crippen LogP contribution in [0.3, 0.4) is 0 Å². The SMILES string of the molecule is CCC(c1ccc(-c2ccccc2)cc1)N1C(=O)C(C)(N(C)C(C)=O)SSC1CCC#N. The molecule has 32 heavy (non-hydrogen) atoms. The average molecular weight is 468 g/mol. The van der Waals surface area contributed by atoms with E-state index in [0.29, 0.717) is 12.8 Å². The van der Waals surface area contributed by atoms with Gasteiger partial charge in [-0.2, -0.15) is 5.26 Å². The van der Waals surface area contributed by atoms with Gasteiger partial charge in [-0.25, -0.2) is 0 Å². The van der Waals surface area contributed by atoms with E-state index in [4.69, 9.17) is 5.26 Å². The van der Waals surface area contributed by atoms with E-state index in [0.717, 1.165) is 23.1 Å². The van der Waals surface area contributed by atoms with Crippen molar-refractivity contribution >= 4 is 33.4 Å². The first kappa shape index (κ1) is 24.2. The Balaban J connectivity index is 1.96. The second-order valence-electron chi connectivity index (χ2n) is 8.02. The summed E-state index contributed by atoms with van der Waals surface area (Å²) >= 11 is 0. The molecular weight excluding hydrogens is 438 g/mol. The van der Waals surface area contributed by atoms with Gasteiger partial charge in [0.2, 0.25) is 5.91 Å². The minimum atomic E-state index is -0.989. The van der Waals surface area contributed by atoms with Crippen molar-refractivity contribution in [3.63, 3.8) is 0 Å². The summed E-state index contributed by atoms with van der Waals surface area (Å²) in [4.78, 5) is 28.4. The Hall–Kier alpha value is -2.43. The number of hydrogen-bond donors (Lipinski definition) is 0. The standard InChI is InChI=1S/C25H29N3O2S2/c1-5-22(21-15-13-20(14-16-21)19-10-7-6-8-11-19)28-23(12-9-17-26)31-32-25(3,24(28)30)27(4)18(2)29/h6-8,10-11,13-16,22-23H,5,9,12H2,1-4H3. The third-order valence-corrected chi connectivity index (χ3v) is 9.49. The van der Waals surface area contributed by atoms with Crippen LogP contribution in [0.5, 0.6) is 0 Å². The Morgan fingerprint density at radius 2 is 1.81 bits per heavy atom. The van der Waals surface area contributed by atoms with Crippen molar-refractivity contribution < 1.29 is 9.59 Å². The summed E-state index contributed by atoms with van der Waals surface area (Å²) in [5.41, 5.74) is 3.33. The third kappa shape index (κ3) is 4.82. The van der Waals surface area contributed by atoms with E-state index in [1.807, 2.05) is 30.0 Å². The lowest BCUT2D eigenvalue weighted by Gasteiger charge is -2.49. The second kappa shape index (κ2) is 10.5. The fourth-order valence-electron chi connectivity index (χ4n) is 3.94. The van der Waals surface area contributed by atoms with Gasteiger partial charge in [0.05, 0.1) is 17.5 Å². The Kier molecular flexibility index (Phi) is 7.91. The number of rotatable bonds is 7. The first-order chi connectivity index (χ1) is 15.3. The molecule has 5 nitrogen and oxygen atoms in total. The van der Waals surface area contributed by atoms with E-state index >= 15 is 0 Å². The number of benzene rings is 2. The van der Waals surface area contributed by atoms with Crippen LogP contribution in [0.15, 0.2) is 54.6 Å². The smallest absolute Gasteiger partial charge is 0.261 e. The summed E-state index contributed by atoms with van der Waals surface area (Å²) in [6, 6.07) is 20.6. The van der Waals surface area contributed by atoms with Crippen molar-refractivity contribution in [1.29, 1.82) is 5.26 Å². The normalized spacial score (nSPS) is 21.7. The molecule has 2 aromatic carbocycles. The fourth-order valence-corrected chi connectivity index (χ4v) is 7.22. The monoisotopic (exact) mass is 467 g/mol. The molecule has 0 aromatic heterocycles. The van der Waals surface area contributed by atoms with Crippen LogP contribution in [-0.4, -0.2) is 38.9 Å². The van der Waals surface area contributed by atoms with Crippen molar-refractivity contribution in [2.75, 3.05) is 7.05 Å². The predicted octanol–water partition coefficient (Wildman–Crippen LogP) is 5.85. The van der Waals surface area contributed by atoms with Crippen LogP contribution in [-0.2, 0) is 9.59 Å². The summed E-state index contributed by atoms with van der Waals surface area (Å²) in [6.07, 6.45) is 1.72. The van der Waals surface area contributed by atoms with Crippen molar-refractivity contribution in [2.24, 2.45) is 0 Å². The zero-order valence-corrected chi connectivity index (χ0v) is 20.6. The maximum Gasteiger partial charge on any atom is 0.261 e. The summed E-state index contributed by atoms with van der Waals surface area (Å²) < 4.78 is 0. The maximum atomic E-state index is 13.8. The van der Waals surface area contributed by atoms with Crippen LogP contribution < -0.4 is 0 Å². The molecule has 0 N–H and O–H groups in total. The lowest BCUT2D eigenvalue weighted by Crippen LogP contribution is -2.60. The minimum absolute atomic E-state index is 0.0825. The predicted molar refractivity (Wildman–Crippen MR) is 132 cm³/mol. The number of hydrogen-bond acceptors (Lipinski definition) is 5. The van der Waals surface area contributed by atoms with E-state index < -0.39 is 4.87 Å². The molecule has 3 rings (SSSR count).